The molecule has 0 spiro atoms. The lowest BCUT2D eigenvalue weighted by atomic mass is 9.99. The van der Waals surface area contributed by atoms with Crippen LogP contribution in [-0.4, -0.2) is 51.9 Å². The van der Waals surface area contributed by atoms with E-state index in [0.717, 1.165) is 30.8 Å². The minimum atomic E-state index is -0.0650. The van der Waals surface area contributed by atoms with Gasteiger partial charge in [0.2, 0.25) is 5.91 Å². The van der Waals surface area contributed by atoms with E-state index in [1.165, 1.54) is 5.56 Å². The Balaban J connectivity index is 1.38. The summed E-state index contributed by atoms with van der Waals surface area (Å²) in [6.07, 6.45) is 1.67. The van der Waals surface area contributed by atoms with Gasteiger partial charge < -0.3 is 9.88 Å². The molecule has 0 aliphatic carbocycles. The molecule has 0 unspecified atom stereocenters. The summed E-state index contributed by atoms with van der Waals surface area (Å²) in [5.41, 5.74) is 2.76. The lowest BCUT2D eigenvalue weighted by Crippen LogP contribution is -2.43. The van der Waals surface area contributed by atoms with Crippen LogP contribution in [-0.2, 0) is 17.8 Å². The van der Waals surface area contributed by atoms with Gasteiger partial charge in [-0.15, -0.1) is 0 Å². The maximum Gasteiger partial charge on any atom is 0.254 e. The zero-order chi connectivity index (χ0) is 18.1. The topological polar surface area (TPSA) is 69.3 Å². The number of nitrogens with zero attached hydrogens (tertiary/aromatic N) is 3. The Morgan fingerprint density at radius 2 is 2.08 bits per heavy atom. The molecule has 1 fully saturated rings. The van der Waals surface area contributed by atoms with Gasteiger partial charge >= 0.3 is 0 Å². The van der Waals surface area contributed by atoms with Gasteiger partial charge in [0.05, 0.1) is 18.8 Å². The molecule has 6 nitrogen and oxygen atoms in total. The van der Waals surface area contributed by atoms with Crippen LogP contribution in [0.3, 0.4) is 0 Å². The summed E-state index contributed by atoms with van der Waals surface area (Å²) in [4.78, 5) is 36.0. The molecular weight excluding hydrogens is 328 g/mol. The first kappa shape index (κ1) is 17.0. The third kappa shape index (κ3) is 3.42. The van der Waals surface area contributed by atoms with Crippen molar-refractivity contribution in [3.8, 4) is 0 Å². The van der Waals surface area contributed by atoms with Gasteiger partial charge in [-0.25, -0.2) is 4.98 Å². The van der Waals surface area contributed by atoms with Gasteiger partial charge in [0.1, 0.15) is 5.82 Å². The van der Waals surface area contributed by atoms with Crippen LogP contribution in [0.1, 0.15) is 35.0 Å². The van der Waals surface area contributed by atoms with E-state index in [4.69, 9.17) is 0 Å². The van der Waals surface area contributed by atoms with Crippen LogP contribution >= 0.6 is 0 Å². The van der Waals surface area contributed by atoms with E-state index in [-0.39, 0.29) is 11.5 Å². The molecule has 1 atom stereocenters. The molecular formula is C20H24N4O2. The Morgan fingerprint density at radius 3 is 2.88 bits per heavy atom. The summed E-state index contributed by atoms with van der Waals surface area (Å²) in [6, 6.07) is 10.5. The van der Waals surface area contributed by atoms with Crippen molar-refractivity contribution in [2.75, 3.05) is 26.2 Å². The molecule has 0 radical (unpaired) electrons. The number of hydrogen-bond acceptors (Lipinski definition) is 4. The number of carbonyl (C=O) groups excluding carboxylic acids is 1. The summed E-state index contributed by atoms with van der Waals surface area (Å²) in [5.74, 6) is 1.24. The van der Waals surface area contributed by atoms with Crippen LogP contribution < -0.4 is 5.56 Å². The Bertz CT molecular complexity index is 862. The molecule has 26 heavy (non-hydrogen) atoms. The predicted molar refractivity (Wildman–Crippen MR) is 99.0 cm³/mol. The molecule has 1 amide bonds. The van der Waals surface area contributed by atoms with Gasteiger partial charge in [0, 0.05) is 18.7 Å². The summed E-state index contributed by atoms with van der Waals surface area (Å²) in [6.45, 7) is 5.13. The molecule has 0 bridgehead atoms. The Morgan fingerprint density at radius 1 is 1.27 bits per heavy atom. The maximum atomic E-state index is 12.7. The van der Waals surface area contributed by atoms with Crippen molar-refractivity contribution in [3.05, 3.63) is 63.3 Å². The second kappa shape index (κ2) is 7.03. The van der Waals surface area contributed by atoms with Gasteiger partial charge in [-0.1, -0.05) is 30.3 Å². The van der Waals surface area contributed by atoms with E-state index >= 15 is 0 Å². The van der Waals surface area contributed by atoms with Crippen LogP contribution in [0.2, 0.25) is 0 Å². The number of hydrogen-bond donors (Lipinski definition) is 1. The normalized spacial score (nSPS) is 20.2. The molecule has 2 aromatic rings. The molecule has 1 saturated heterocycles. The molecule has 1 aromatic carbocycles. The highest BCUT2D eigenvalue weighted by molar-refractivity contribution is 5.78. The number of likely N-dealkylation sites (tertiary alicyclic amines) is 1. The van der Waals surface area contributed by atoms with E-state index < -0.39 is 0 Å². The molecule has 1 N–H and O–H groups in total. The molecule has 0 saturated carbocycles. The fourth-order valence-electron chi connectivity index (χ4n) is 4.04. The summed E-state index contributed by atoms with van der Waals surface area (Å²) < 4.78 is 0. The predicted octanol–water partition coefficient (Wildman–Crippen LogP) is 1.45. The summed E-state index contributed by atoms with van der Waals surface area (Å²) in [7, 11) is 0. The number of H-pyrrole nitrogens is 1. The molecule has 1 aromatic heterocycles. The van der Waals surface area contributed by atoms with Crippen LogP contribution in [0.15, 0.2) is 35.1 Å². The zero-order valence-electron chi connectivity index (χ0n) is 15.1. The third-order valence-corrected chi connectivity index (χ3v) is 5.45. The van der Waals surface area contributed by atoms with Gasteiger partial charge in [-0.3, -0.25) is 14.5 Å². The van der Waals surface area contributed by atoms with Crippen LogP contribution in [0.5, 0.6) is 0 Å². The minimum absolute atomic E-state index is 0.0650. The minimum Gasteiger partial charge on any atom is -0.335 e. The Hall–Kier alpha value is -2.47. The monoisotopic (exact) mass is 352 g/mol. The smallest absolute Gasteiger partial charge is 0.254 e. The highest BCUT2D eigenvalue weighted by Gasteiger charge is 2.29. The average Bonchev–Trinajstić information content (AvgIpc) is 3.10. The van der Waals surface area contributed by atoms with Crippen LogP contribution in [0.4, 0.5) is 0 Å². The number of benzene rings is 1. The first-order chi connectivity index (χ1) is 12.6. The molecule has 136 valence electrons. The van der Waals surface area contributed by atoms with Crippen molar-refractivity contribution in [3.63, 3.8) is 0 Å². The highest BCUT2D eigenvalue weighted by Crippen LogP contribution is 2.27. The second-order valence-electron chi connectivity index (χ2n) is 7.27. The first-order valence-corrected chi connectivity index (χ1v) is 9.24. The third-order valence-electron chi connectivity index (χ3n) is 5.45. The number of fused-ring (bicyclic) bond motifs is 1. The standard InChI is InChI=1S/C20H24N4O2/c1-14-21-18-12-24(10-8-17(18)20(26)22-14)19(25)13-23-9-7-16(11-23)15-5-3-2-4-6-15/h2-6,16H,7-13H2,1H3,(H,21,22,26)/t16-/m1/s1. The quantitative estimate of drug-likeness (QED) is 0.908. The van der Waals surface area contributed by atoms with Crippen molar-refractivity contribution in [1.82, 2.24) is 19.8 Å². The van der Waals surface area contributed by atoms with Gasteiger partial charge in [0.15, 0.2) is 0 Å². The van der Waals surface area contributed by atoms with Crippen molar-refractivity contribution < 1.29 is 4.79 Å². The SMILES string of the molecule is Cc1nc2c(c(=O)[nH]1)CCN(C(=O)CN1CC[C@@H](c3ccccc3)C1)C2. The number of amides is 1. The van der Waals surface area contributed by atoms with Crippen molar-refractivity contribution in [1.29, 1.82) is 0 Å². The van der Waals surface area contributed by atoms with Crippen LogP contribution in [0, 0.1) is 6.92 Å². The van der Waals surface area contributed by atoms with Gasteiger partial charge in [-0.2, -0.15) is 0 Å². The van der Waals surface area contributed by atoms with Crippen LogP contribution in [0.25, 0.3) is 0 Å². The number of aryl methyl sites for hydroxylation is 1. The second-order valence-corrected chi connectivity index (χ2v) is 7.27. The molecule has 4 rings (SSSR count). The van der Waals surface area contributed by atoms with E-state index in [9.17, 15) is 9.59 Å². The molecule has 2 aliphatic heterocycles. The van der Waals surface area contributed by atoms with Crippen molar-refractivity contribution in [2.45, 2.75) is 32.2 Å². The maximum absolute atomic E-state index is 12.7. The van der Waals surface area contributed by atoms with Gasteiger partial charge in [0.25, 0.3) is 5.56 Å². The average molecular weight is 352 g/mol. The Labute approximate surface area is 152 Å². The number of carbonyl (C=O) groups is 1. The Kier molecular flexibility index (Phi) is 4.59. The van der Waals surface area contributed by atoms with Crippen molar-refractivity contribution >= 4 is 5.91 Å². The molecule has 3 heterocycles. The molecule has 6 heteroatoms. The van der Waals surface area contributed by atoms with E-state index in [2.05, 4.69) is 39.1 Å². The lowest BCUT2D eigenvalue weighted by Gasteiger charge is -2.29. The summed E-state index contributed by atoms with van der Waals surface area (Å²) in [5, 5.41) is 0. The lowest BCUT2D eigenvalue weighted by molar-refractivity contribution is -0.133. The first-order valence-electron chi connectivity index (χ1n) is 9.24. The fraction of sp³-hybridized carbons (Fsp3) is 0.450. The zero-order valence-corrected chi connectivity index (χ0v) is 15.1. The van der Waals surface area contributed by atoms with E-state index in [1.807, 2.05) is 11.0 Å². The number of aromatic amines is 1. The number of nitrogens with one attached hydrogen (secondary N) is 1. The molecule has 2 aliphatic rings. The number of aromatic nitrogens is 2. The van der Waals surface area contributed by atoms with E-state index in [0.29, 0.717) is 37.8 Å². The fourth-order valence-corrected chi connectivity index (χ4v) is 4.04. The largest absolute Gasteiger partial charge is 0.335 e. The van der Waals surface area contributed by atoms with Crippen molar-refractivity contribution in [2.24, 2.45) is 0 Å². The summed E-state index contributed by atoms with van der Waals surface area (Å²) >= 11 is 0. The van der Waals surface area contributed by atoms with Gasteiger partial charge in [-0.05, 0) is 37.8 Å². The highest BCUT2D eigenvalue weighted by atomic mass is 16.2. The number of rotatable bonds is 3. The van der Waals surface area contributed by atoms with E-state index in [1.54, 1.807) is 6.92 Å².